The van der Waals surface area contributed by atoms with Crippen molar-refractivity contribution in [3.8, 4) is 34.7 Å². The number of aryl methyl sites for hydroxylation is 1. The van der Waals surface area contributed by atoms with Crippen LogP contribution in [0, 0.1) is 11.3 Å². The Bertz CT molecular complexity index is 1280. The summed E-state index contributed by atoms with van der Waals surface area (Å²) in [5.74, 6) is 2.27. The van der Waals surface area contributed by atoms with Crippen molar-refractivity contribution in [3.63, 3.8) is 0 Å². The Hall–Kier alpha value is -3.10. The maximum Gasteiger partial charge on any atom is 0.258 e. The monoisotopic (exact) mass is 537 g/mol. The highest BCUT2D eigenvalue weighted by atomic mass is 32.2. The number of rotatable bonds is 8. The van der Waals surface area contributed by atoms with Crippen molar-refractivity contribution < 1.29 is 18.2 Å². The largest absolute Gasteiger partial charge is 0.490 e. The van der Waals surface area contributed by atoms with Crippen LogP contribution in [0.4, 0.5) is 0 Å². The number of aromatic nitrogens is 2. The van der Waals surface area contributed by atoms with Crippen LogP contribution in [0.2, 0.25) is 0 Å². The van der Waals surface area contributed by atoms with Crippen molar-refractivity contribution in [3.05, 3.63) is 53.1 Å². The second-order valence-corrected chi connectivity index (χ2v) is 10.9. The highest BCUT2D eigenvalue weighted by Crippen LogP contribution is 2.33. The number of nitriles is 1. The molecule has 2 heterocycles. The first-order valence-electron chi connectivity index (χ1n) is 13.0. The van der Waals surface area contributed by atoms with E-state index in [1.807, 2.05) is 32.0 Å². The van der Waals surface area contributed by atoms with Gasteiger partial charge < -0.3 is 14.0 Å². The molecule has 0 amide bonds. The molecule has 0 bridgehead atoms. The zero-order valence-corrected chi connectivity index (χ0v) is 23.1. The van der Waals surface area contributed by atoms with Crippen LogP contribution in [0.15, 0.2) is 40.9 Å². The van der Waals surface area contributed by atoms with Crippen LogP contribution in [0.3, 0.4) is 0 Å². The van der Waals surface area contributed by atoms with Crippen LogP contribution in [0.1, 0.15) is 37.0 Å². The molecule has 9 nitrogen and oxygen atoms in total. The average Bonchev–Trinajstić information content (AvgIpc) is 3.63. The second kappa shape index (κ2) is 13.6. The van der Waals surface area contributed by atoms with E-state index in [1.165, 1.54) is 17.5 Å². The van der Waals surface area contributed by atoms with Crippen LogP contribution < -0.4 is 9.46 Å². The molecular formula is C28H35N5O4S. The first-order valence-corrected chi connectivity index (χ1v) is 14.3. The second-order valence-electron chi connectivity index (χ2n) is 9.42. The lowest BCUT2D eigenvalue weighted by molar-refractivity contribution is 0.0409. The molecule has 1 unspecified atom stereocenters. The number of ether oxygens (including phenoxy) is 2. The SMILES string of the molecule is CC(C)Oc1ccc(-c2nc(-c3cccc4c3CCC4)no2)cc1C#N.CNS(=O)CCN1CCOCC1. The Labute approximate surface area is 226 Å². The van der Waals surface area contributed by atoms with E-state index in [0.29, 0.717) is 34.3 Å². The maximum atomic E-state index is 11.0. The normalized spacial score (nSPS) is 15.9. The summed E-state index contributed by atoms with van der Waals surface area (Å²) in [6.07, 6.45) is 3.33. The van der Waals surface area contributed by atoms with E-state index in [9.17, 15) is 9.47 Å². The van der Waals surface area contributed by atoms with Gasteiger partial charge in [0.2, 0.25) is 5.82 Å². The van der Waals surface area contributed by atoms with Gasteiger partial charge in [0.25, 0.3) is 5.89 Å². The lowest BCUT2D eigenvalue weighted by atomic mass is 10.0. The predicted molar refractivity (Wildman–Crippen MR) is 147 cm³/mol. The molecule has 1 fully saturated rings. The molecule has 38 heavy (non-hydrogen) atoms. The van der Waals surface area contributed by atoms with Gasteiger partial charge in [-0.05, 0) is 69.5 Å². The van der Waals surface area contributed by atoms with E-state index in [1.54, 1.807) is 19.2 Å². The summed E-state index contributed by atoms with van der Waals surface area (Å²) in [6, 6.07) is 13.8. The smallest absolute Gasteiger partial charge is 0.258 e. The van der Waals surface area contributed by atoms with Crippen LogP contribution >= 0.6 is 0 Å². The van der Waals surface area contributed by atoms with Gasteiger partial charge in [0.1, 0.15) is 11.8 Å². The summed E-state index contributed by atoms with van der Waals surface area (Å²) < 4.78 is 30.1. The molecule has 10 heteroatoms. The van der Waals surface area contributed by atoms with Gasteiger partial charge in [-0.2, -0.15) is 10.2 Å². The Kier molecular flexibility index (Phi) is 10.0. The van der Waals surface area contributed by atoms with Gasteiger partial charge in [-0.3, -0.25) is 4.90 Å². The quantitative estimate of drug-likeness (QED) is 0.462. The molecule has 1 aliphatic carbocycles. The van der Waals surface area contributed by atoms with E-state index in [-0.39, 0.29) is 6.10 Å². The third-order valence-corrected chi connectivity index (χ3v) is 7.46. The first kappa shape index (κ1) is 27.9. The Balaban J connectivity index is 0.000000236. The number of hydrogen-bond donors (Lipinski definition) is 1. The van der Waals surface area contributed by atoms with Crippen molar-refractivity contribution >= 4 is 11.0 Å². The predicted octanol–water partition coefficient (Wildman–Crippen LogP) is 3.75. The number of morpholine rings is 1. The summed E-state index contributed by atoms with van der Waals surface area (Å²) in [7, 11) is 0.857. The molecule has 1 N–H and O–H groups in total. The van der Waals surface area contributed by atoms with Crippen molar-refractivity contribution in [2.45, 2.75) is 39.2 Å². The van der Waals surface area contributed by atoms with Gasteiger partial charge >= 0.3 is 0 Å². The van der Waals surface area contributed by atoms with Crippen molar-refractivity contribution in [1.82, 2.24) is 19.8 Å². The van der Waals surface area contributed by atoms with E-state index in [0.717, 1.165) is 51.3 Å². The Morgan fingerprint density at radius 2 is 2.03 bits per heavy atom. The topological polar surface area (TPSA) is 114 Å². The lowest BCUT2D eigenvalue weighted by Gasteiger charge is -2.26. The van der Waals surface area contributed by atoms with Gasteiger partial charge in [0.05, 0.1) is 41.6 Å². The number of nitrogens with zero attached hydrogens (tertiary/aromatic N) is 4. The van der Waals surface area contributed by atoms with E-state index in [4.69, 9.17) is 14.0 Å². The van der Waals surface area contributed by atoms with E-state index in [2.05, 4.69) is 31.9 Å². The molecule has 1 atom stereocenters. The summed E-state index contributed by atoms with van der Waals surface area (Å²) in [5.41, 5.74) is 4.89. The summed E-state index contributed by atoms with van der Waals surface area (Å²) in [4.78, 5) is 6.84. The molecule has 0 spiro atoms. The Morgan fingerprint density at radius 1 is 1.21 bits per heavy atom. The third-order valence-electron chi connectivity index (χ3n) is 6.45. The van der Waals surface area contributed by atoms with Crippen molar-refractivity contribution in [1.29, 1.82) is 5.26 Å². The molecule has 1 aliphatic heterocycles. The van der Waals surface area contributed by atoms with E-state index >= 15 is 0 Å². The van der Waals surface area contributed by atoms with Crippen LogP contribution in [0.5, 0.6) is 5.75 Å². The number of fused-ring (bicyclic) bond motifs is 1. The van der Waals surface area contributed by atoms with Gasteiger partial charge in [-0.25, -0.2) is 8.93 Å². The van der Waals surface area contributed by atoms with Crippen LogP contribution in [-0.4, -0.2) is 71.0 Å². The standard InChI is InChI=1S/C21H19N3O2.C7H16N2O2S/c1-13(2)25-19-10-9-15(11-16(19)12-22)21-23-20(24-26-21)18-8-4-6-14-5-3-7-17(14)18;1-8-12(10)7-4-9-2-5-11-6-3-9/h4,6,8-11,13H,3,5,7H2,1-2H3;8H,2-7H2,1H3. The fraction of sp³-hybridized carbons (Fsp3) is 0.464. The third kappa shape index (κ3) is 7.26. The minimum atomic E-state index is -0.861. The molecule has 5 rings (SSSR count). The molecular weight excluding hydrogens is 502 g/mol. The minimum Gasteiger partial charge on any atom is -0.490 e. The zero-order chi connectivity index (χ0) is 26.9. The highest BCUT2D eigenvalue weighted by Gasteiger charge is 2.20. The molecule has 202 valence electrons. The van der Waals surface area contributed by atoms with Crippen LogP contribution in [0.25, 0.3) is 22.8 Å². The molecule has 0 radical (unpaired) electrons. The van der Waals surface area contributed by atoms with Crippen molar-refractivity contribution in [2.24, 2.45) is 0 Å². The molecule has 1 aromatic heterocycles. The summed E-state index contributed by atoms with van der Waals surface area (Å²) in [5, 5.41) is 13.6. The highest BCUT2D eigenvalue weighted by molar-refractivity contribution is 7.83. The molecule has 2 aromatic carbocycles. The molecule has 3 aromatic rings. The minimum absolute atomic E-state index is 0.00290. The molecule has 2 aliphatic rings. The van der Waals surface area contributed by atoms with Gasteiger partial charge in [0.15, 0.2) is 0 Å². The zero-order valence-electron chi connectivity index (χ0n) is 22.2. The fourth-order valence-corrected chi connectivity index (χ4v) is 5.15. The Morgan fingerprint density at radius 3 is 2.76 bits per heavy atom. The van der Waals surface area contributed by atoms with Gasteiger partial charge in [0, 0.05) is 30.8 Å². The molecule has 0 saturated carbocycles. The number of nitrogens with one attached hydrogen (secondary N) is 1. The molecule has 1 saturated heterocycles. The number of hydrogen-bond acceptors (Lipinski definition) is 8. The van der Waals surface area contributed by atoms with Crippen LogP contribution in [-0.2, 0) is 28.6 Å². The van der Waals surface area contributed by atoms with E-state index < -0.39 is 11.0 Å². The maximum absolute atomic E-state index is 11.0. The summed E-state index contributed by atoms with van der Waals surface area (Å²) >= 11 is 0. The fourth-order valence-electron chi connectivity index (χ4n) is 4.53. The first-order chi connectivity index (χ1) is 18.5. The van der Waals surface area contributed by atoms with Gasteiger partial charge in [-0.1, -0.05) is 23.4 Å². The number of benzene rings is 2. The summed E-state index contributed by atoms with van der Waals surface area (Å²) in [6.45, 7) is 8.33. The average molecular weight is 538 g/mol. The van der Waals surface area contributed by atoms with Gasteiger partial charge in [-0.15, -0.1) is 0 Å². The lowest BCUT2D eigenvalue weighted by Crippen LogP contribution is -2.39. The van der Waals surface area contributed by atoms with Crippen molar-refractivity contribution in [2.75, 3.05) is 45.6 Å².